The van der Waals surface area contributed by atoms with Gasteiger partial charge in [-0.05, 0) is 37.9 Å². The van der Waals surface area contributed by atoms with E-state index in [1.807, 2.05) is 24.3 Å². The van der Waals surface area contributed by atoms with E-state index in [9.17, 15) is 0 Å². The molecule has 1 atom stereocenters. The monoisotopic (exact) mass is 350 g/mol. The van der Waals surface area contributed by atoms with Crippen molar-refractivity contribution in [1.82, 2.24) is 15.0 Å². The van der Waals surface area contributed by atoms with E-state index in [2.05, 4.69) is 38.0 Å². The van der Waals surface area contributed by atoms with Crippen molar-refractivity contribution in [3.8, 4) is 11.4 Å². The van der Waals surface area contributed by atoms with Crippen LogP contribution in [0.5, 0.6) is 0 Å². The molecule has 0 aliphatic heterocycles. The first-order chi connectivity index (χ1) is 10.2. The first kappa shape index (κ1) is 14.7. The van der Waals surface area contributed by atoms with Gasteiger partial charge in [0.15, 0.2) is 0 Å². The average molecular weight is 351 g/mol. The Morgan fingerprint density at radius 1 is 1.48 bits per heavy atom. The minimum Gasteiger partial charge on any atom is -0.338 e. The second-order valence-corrected chi connectivity index (χ2v) is 6.49. The molecule has 6 heteroatoms. The summed E-state index contributed by atoms with van der Waals surface area (Å²) in [6.07, 6.45) is 2.55. The number of benzene rings is 1. The Labute approximate surface area is 132 Å². The van der Waals surface area contributed by atoms with Crippen LogP contribution in [-0.2, 0) is 6.54 Å². The third-order valence-electron chi connectivity index (χ3n) is 3.91. The van der Waals surface area contributed by atoms with E-state index in [0.29, 0.717) is 30.8 Å². The molecule has 1 aliphatic rings. The summed E-state index contributed by atoms with van der Waals surface area (Å²) in [5.74, 6) is 1.98. The van der Waals surface area contributed by atoms with Gasteiger partial charge in [-0.15, -0.1) is 0 Å². The minimum absolute atomic E-state index is 0.409. The molecular weight excluding hydrogens is 332 g/mol. The Bertz CT molecular complexity index is 611. The Morgan fingerprint density at radius 3 is 2.95 bits per heavy atom. The predicted octanol–water partition coefficient (Wildman–Crippen LogP) is 2.67. The van der Waals surface area contributed by atoms with Gasteiger partial charge in [0.25, 0.3) is 0 Å². The molecule has 2 N–H and O–H groups in total. The molecule has 1 saturated carbocycles. The Morgan fingerprint density at radius 2 is 2.29 bits per heavy atom. The van der Waals surface area contributed by atoms with E-state index in [0.717, 1.165) is 16.0 Å². The maximum absolute atomic E-state index is 5.87. The highest BCUT2D eigenvalue weighted by Crippen LogP contribution is 2.34. The predicted molar refractivity (Wildman–Crippen MR) is 84.5 cm³/mol. The molecule has 2 aromatic rings. The lowest BCUT2D eigenvalue weighted by Crippen LogP contribution is -2.39. The van der Waals surface area contributed by atoms with Crippen LogP contribution in [0.2, 0.25) is 0 Å². The number of aromatic nitrogens is 2. The largest absolute Gasteiger partial charge is 0.338 e. The highest BCUT2D eigenvalue weighted by molar-refractivity contribution is 9.10. The summed E-state index contributed by atoms with van der Waals surface area (Å²) < 4.78 is 6.37. The average Bonchev–Trinajstić information content (AvgIpc) is 3.18. The molecule has 1 aromatic heterocycles. The van der Waals surface area contributed by atoms with Gasteiger partial charge in [0.2, 0.25) is 11.7 Å². The fourth-order valence-corrected chi connectivity index (χ4v) is 3.01. The molecule has 21 heavy (non-hydrogen) atoms. The summed E-state index contributed by atoms with van der Waals surface area (Å²) in [4.78, 5) is 6.70. The molecule has 1 fully saturated rings. The van der Waals surface area contributed by atoms with Crippen LogP contribution in [0.1, 0.15) is 18.7 Å². The molecule has 0 saturated heterocycles. The first-order valence-corrected chi connectivity index (χ1v) is 7.95. The third-order valence-corrected chi connectivity index (χ3v) is 4.40. The molecular formula is C15H19BrN4O. The van der Waals surface area contributed by atoms with Gasteiger partial charge in [0, 0.05) is 22.6 Å². The topological polar surface area (TPSA) is 68.2 Å². The number of likely N-dealkylation sites (N-methyl/N-ethyl adjacent to an activating group) is 1. The number of nitrogens with two attached hydrogens (primary N) is 1. The summed E-state index contributed by atoms with van der Waals surface area (Å²) in [5, 5.41) is 4.06. The van der Waals surface area contributed by atoms with Gasteiger partial charge in [-0.3, -0.25) is 4.90 Å². The van der Waals surface area contributed by atoms with Crippen LogP contribution < -0.4 is 5.73 Å². The van der Waals surface area contributed by atoms with Gasteiger partial charge < -0.3 is 10.3 Å². The van der Waals surface area contributed by atoms with Crippen LogP contribution in [-0.4, -0.2) is 34.7 Å². The number of nitrogens with zero attached hydrogens (tertiary/aromatic N) is 3. The minimum atomic E-state index is 0.409. The zero-order chi connectivity index (χ0) is 14.8. The van der Waals surface area contributed by atoms with Crippen molar-refractivity contribution in [2.24, 2.45) is 11.7 Å². The van der Waals surface area contributed by atoms with Gasteiger partial charge in [0.05, 0.1) is 6.54 Å². The van der Waals surface area contributed by atoms with E-state index in [4.69, 9.17) is 10.3 Å². The SMILES string of the molecule is CN(Cc1nc(-c2cccc(Br)c2)no1)C(CN)C1CC1. The molecule has 5 nitrogen and oxygen atoms in total. The normalized spacial score (nSPS) is 16.4. The lowest BCUT2D eigenvalue weighted by atomic mass is 10.1. The highest BCUT2D eigenvalue weighted by atomic mass is 79.9. The van der Waals surface area contributed by atoms with Crippen LogP contribution in [0.4, 0.5) is 0 Å². The summed E-state index contributed by atoms with van der Waals surface area (Å²) >= 11 is 3.45. The summed E-state index contributed by atoms with van der Waals surface area (Å²) in [6, 6.07) is 8.28. The van der Waals surface area contributed by atoms with Gasteiger partial charge in [0.1, 0.15) is 0 Å². The summed E-state index contributed by atoms with van der Waals surface area (Å²) in [5.41, 5.74) is 6.81. The molecule has 1 aromatic carbocycles. The number of hydrogen-bond acceptors (Lipinski definition) is 5. The second-order valence-electron chi connectivity index (χ2n) is 5.58. The molecule has 0 bridgehead atoms. The molecule has 1 unspecified atom stereocenters. The third kappa shape index (κ3) is 3.51. The van der Waals surface area contributed by atoms with E-state index in [1.165, 1.54) is 12.8 Å². The Kier molecular flexibility index (Phi) is 4.37. The van der Waals surface area contributed by atoms with Crippen LogP contribution in [0.25, 0.3) is 11.4 Å². The van der Waals surface area contributed by atoms with Crippen molar-refractivity contribution in [1.29, 1.82) is 0 Å². The lowest BCUT2D eigenvalue weighted by molar-refractivity contribution is 0.189. The smallest absolute Gasteiger partial charge is 0.241 e. The number of hydrogen-bond donors (Lipinski definition) is 1. The quantitative estimate of drug-likeness (QED) is 0.867. The second kappa shape index (κ2) is 6.25. The van der Waals surface area contributed by atoms with Crippen LogP contribution >= 0.6 is 15.9 Å². The van der Waals surface area contributed by atoms with Gasteiger partial charge in [-0.2, -0.15) is 4.98 Å². The molecule has 0 spiro atoms. The van der Waals surface area contributed by atoms with Gasteiger partial charge in [-0.25, -0.2) is 0 Å². The molecule has 0 radical (unpaired) electrons. The Hall–Kier alpha value is -1.24. The van der Waals surface area contributed by atoms with E-state index < -0.39 is 0 Å². The van der Waals surface area contributed by atoms with Gasteiger partial charge >= 0.3 is 0 Å². The zero-order valence-corrected chi connectivity index (χ0v) is 13.6. The number of halogens is 1. The van der Waals surface area contributed by atoms with Crippen molar-refractivity contribution in [2.45, 2.75) is 25.4 Å². The molecule has 0 amide bonds. The molecule has 1 aliphatic carbocycles. The maximum atomic E-state index is 5.87. The summed E-state index contributed by atoms with van der Waals surface area (Å²) in [6.45, 7) is 1.31. The molecule has 1 heterocycles. The summed E-state index contributed by atoms with van der Waals surface area (Å²) in [7, 11) is 2.07. The van der Waals surface area contributed by atoms with Crippen molar-refractivity contribution >= 4 is 15.9 Å². The van der Waals surface area contributed by atoms with E-state index in [-0.39, 0.29) is 0 Å². The molecule has 112 valence electrons. The fourth-order valence-electron chi connectivity index (χ4n) is 2.61. The molecule has 3 rings (SSSR count). The lowest BCUT2D eigenvalue weighted by Gasteiger charge is -2.25. The first-order valence-electron chi connectivity index (χ1n) is 7.16. The van der Waals surface area contributed by atoms with Crippen LogP contribution in [0, 0.1) is 5.92 Å². The number of rotatable bonds is 6. The fraction of sp³-hybridized carbons (Fsp3) is 0.467. The van der Waals surface area contributed by atoms with Crippen molar-refractivity contribution < 1.29 is 4.52 Å². The standard InChI is InChI=1S/C15H19BrN4O/c1-20(13(8-17)10-5-6-10)9-14-18-15(19-21-14)11-3-2-4-12(16)7-11/h2-4,7,10,13H,5-6,8-9,17H2,1H3. The van der Waals surface area contributed by atoms with Crippen LogP contribution in [0.15, 0.2) is 33.3 Å². The van der Waals surface area contributed by atoms with Crippen LogP contribution in [0.3, 0.4) is 0 Å². The maximum Gasteiger partial charge on any atom is 0.241 e. The van der Waals surface area contributed by atoms with Crippen molar-refractivity contribution in [3.63, 3.8) is 0 Å². The Balaban J connectivity index is 1.70. The van der Waals surface area contributed by atoms with Crippen molar-refractivity contribution in [2.75, 3.05) is 13.6 Å². The zero-order valence-electron chi connectivity index (χ0n) is 12.0. The van der Waals surface area contributed by atoms with Crippen molar-refractivity contribution in [3.05, 3.63) is 34.6 Å². The van der Waals surface area contributed by atoms with E-state index in [1.54, 1.807) is 0 Å². The van der Waals surface area contributed by atoms with E-state index >= 15 is 0 Å². The van der Waals surface area contributed by atoms with Gasteiger partial charge in [-0.1, -0.05) is 33.2 Å². The highest BCUT2D eigenvalue weighted by Gasteiger charge is 2.33.